The van der Waals surface area contributed by atoms with Crippen molar-refractivity contribution in [3.05, 3.63) is 81.3 Å². The average Bonchev–Trinajstić information content (AvgIpc) is 3.57. The minimum Gasteiger partial charge on any atom is -0.450 e. The van der Waals surface area contributed by atoms with Crippen LogP contribution in [0.2, 0.25) is 0 Å². The normalized spacial score (nSPS) is 20.4. The number of nitrogens with one attached hydrogen (secondary N) is 3. The lowest BCUT2D eigenvalue weighted by Gasteiger charge is -2.42. The van der Waals surface area contributed by atoms with Crippen LogP contribution < -0.4 is 21.5 Å². The number of carbonyl (C=O) groups is 1. The van der Waals surface area contributed by atoms with E-state index in [4.69, 9.17) is 15.5 Å². The molecule has 40 heavy (non-hydrogen) atoms. The van der Waals surface area contributed by atoms with Crippen LogP contribution in [-0.2, 0) is 16.6 Å². The highest BCUT2D eigenvalue weighted by Crippen LogP contribution is 2.54. The molecule has 0 unspecified atom stereocenters. The number of benzene rings is 2. The third-order valence-corrected chi connectivity index (χ3v) is 9.21. The lowest BCUT2D eigenvalue weighted by Crippen LogP contribution is -2.45. The van der Waals surface area contributed by atoms with Gasteiger partial charge in [0, 0.05) is 30.2 Å². The zero-order valence-electron chi connectivity index (χ0n) is 22.5. The number of nitrogens with zero attached hydrogens (tertiary/aromatic N) is 3. The molecule has 2 aromatic carbocycles. The number of ether oxygens (including phenoxy) is 1. The van der Waals surface area contributed by atoms with Gasteiger partial charge in [-0.2, -0.15) is 10.1 Å². The van der Waals surface area contributed by atoms with E-state index in [-0.39, 0.29) is 17.0 Å². The number of H-pyrrole nitrogens is 2. The SMILES string of the molecule is CCOC(=O)Nc1cccc(C2(c3n[nH]c4nc(N5CCC6(CC5)Cc5ccccc5[C@H]6N)[nH]c(=O)c34)CC2)c1. The van der Waals surface area contributed by atoms with Crippen molar-refractivity contribution in [3.63, 3.8) is 0 Å². The van der Waals surface area contributed by atoms with Gasteiger partial charge in [-0.15, -0.1) is 0 Å². The van der Waals surface area contributed by atoms with E-state index in [1.165, 1.54) is 11.1 Å². The van der Waals surface area contributed by atoms with Gasteiger partial charge in [-0.1, -0.05) is 36.4 Å². The summed E-state index contributed by atoms with van der Waals surface area (Å²) in [5.74, 6) is 0.567. The predicted molar refractivity (Wildman–Crippen MR) is 153 cm³/mol. The van der Waals surface area contributed by atoms with Crippen LogP contribution >= 0.6 is 0 Å². The standard InChI is InChI=1S/C30H33N7O3/c1-2-40-28(39)32-20-8-5-7-19(16-20)30(10-11-30)24-22-25(36-35-24)33-27(34-26(22)38)37-14-12-29(13-15-37)17-18-6-3-4-9-21(18)23(29)31/h3-9,16,23H,2,10-15,17,31H2,1H3,(H,32,39)(H2,33,34,35,36,38)/t23-/m1/s1. The average molecular weight is 540 g/mol. The molecule has 0 radical (unpaired) electrons. The minimum absolute atomic E-state index is 0.0382. The van der Waals surface area contributed by atoms with Gasteiger partial charge in [-0.05, 0) is 73.3 Å². The smallest absolute Gasteiger partial charge is 0.411 e. The first-order valence-corrected chi connectivity index (χ1v) is 14.0. The van der Waals surface area contributed by atoms with E-state index in [1.807, 2.05) is 24.3 Å². The maximum atomic E-state index is 13.5. The molecule has 2 fully saturated rings. The number of amides is 1. The third kappa shape index (κ3) is 3.89. The number of piperidine rings is 1. The maximum Gasteiger partial charge on any atom is 0.411 e. The molecule has 3 aliphatic rings. The van der Waals surface area contributed by atoms with Crippen LogP contribution in [-0.4, -0.2) is 46.0 Å². The van der Waals surface area contributed by atoms with E-state index in [1.54, 1.807) is 6.92 Å². The summed E-state index contributed by atoms with van der Waals surface area (Å²) in [5, 5.41) is 10.9. The number of rotatable bonds is 5. The summed E-state index contributed by atoms with van der Waals surface area (Å²) >= 11 is 0. The van der Waals surface area contributed by atoms with Crippen molar-refractivity contribution in [2.75, 3.05) is 29.9 Å². The van der Waals surface area contributed by atoms with E-state index < -0.39 is 11.5 Å². The molecule has 1 atom stereocenters. The number of carbonyl (C=O) groups excluding carboxylic acids is 1. The summed E-state index contributed by atoms with van der Waals surface area (Å²) in [7, 11) is 0. The second-order valence-corrected chi connectivity index (χ2v) is 11.4. The molecule has 4 aromatic rings. The van der Waals surface area contributed by atoms with Crippen molar-refractivity contribution >= 4 is 28.8 Å². The molecule has 1 saturated carbocycles. The highest BCUT2D eigenvalue weighted by atomic mass is 16.5. The van der Waals surface area contributed by atoms with Gasteiger partial charge in [0.2, 0.25) is 5.95 Å². The molecule has 1 amide bonds. The molecule has 1 aliphatic heterocycles. The molecule has 1 saturated heterocycles. The number of aromatic nitrogens is 4. The lowest BCUT2D eigenvalue weighted by atomic mass is 9.73. The Bertz CT molecular complexity index is 1660. The van der Waals surface area contributed by atoms with Crippen LogP contribution in [0.25, 0.3) is 11.0 Å². The fourth-order valence-electron chi connectivity index (χ4n) is 6.86. The van der Waals surface area contributed by atoms with E-state index in [2.05, 4.69) is 49.7 Å². The Morgan fingerprint density at radius 1 is 1.15 bits per heavy atom. The molecule has 206 valence electrons. The second-order valence-electron chi connectivity index (χ2n) is 11.4. The Kier molecular flexibility index (Phi) is 5.71. The predicted octanol–water partition coefficient (Wildman–Crippen LogP) is 4.14. The van der Waals surface area contributed by atoms with Crippen molar-refractivity contribution in [1.82, 2.24) is 20.2 Å². The van der Waals surface area contributed by atoms with Gasteiger partial charge >= 0.3 is 6.09 Å². The molecule has 3 heterocycles. The zero-order chi connectivity index (χ0) is 27.5. The summed E-state index contributed by atoms with van der Waals surface area (Å²) < 4.78 is 5.01. The number of hydrogen-bond acceptors (Lipinski definition) is 7. The van der Waals surface area contributed by atoms with Crippen molar-refractivity contribution in [1.29, 1.82) is 0 Å². The van der Waals surface area contributed by atoms with Gasteiger partial charge in [0.05, 0.1) is 12.3 Å². The summed E-state index contributed by atoms with van der Waals surface area (Å²) in [6, 6.07) is 16.2. The quantitative estimate of drug-likeness (QED) is 0.299. The first-order valence-electron chi connectivity index (χ1n) is 14.0. The molecule has 10 nitrogen and oxygen atoms in total. The highest BCUT2D eigenvalue weighted by Gasteiger charge is 2.50. The first-order chi connectivity index (χ1) is 19.4. The number of anilines is 2. The van der Waals surface area contributed by atoms with Crippen LogP contribution in [0, 0.1) is 5.41 Å². The summed E-state index contributed by atoms with van der Waals surface area (Å²) in [5.41, 5.74) is 11.7. The van der Waals surface area contributed by atoms with Gasteiger partial charge in [0.25, 0.3) is 5.56 Å². The van der Waals surface area contributed by atoms with Crippen molar-refractivity contribution in [3.8, 4) is 0 Å². The summed E-state index contributed by atoms with van der Waals surface area (Å²) in [6.07, 6.45) is 4.10. The first kappa shape index (κ1) is 24.8. The number of nitrogens with two attached hydrogens (primary N) is 1. The van der Waals surface area contributed by atoms with E-state index in [9.17, 15) is 9.59 Å². The lowest BCUT2D eigenvalue weighted by molar-refractivity contribution is 0.168. The number of hydrogen-bond donors (Lipinski definition) is 4. The van der Waals surface area contributed by atoms with Crippen molar-refractivity contribution in [2.45, 2.75) is 50.5 Å². The number of aromatic amines is 2. The van der Waals surface area contributed by atoms with Gasteiger partial charge in [0.1, 0.15) is 5.39 Å². The van der Waals surface area contributed by atoms with Crippen LogP contribution in [0.4, 0.5) is 16.4 Å². The van der Waals surface area contributed by atoms with Gasteiger partial charge in [-0.3, -0.25) is 20.2 Å². The molecule has 2 aromatic heterocycles. The number of fused-ring (bicyclic) bond motifs is 2. The zero-order valence-corrected chi connectivity index (χ0v) is 22.5. The molecule has 7 rings (SSSR count). The molecule has 10 heteroatoms. The monoisotopic (exact) mass is 539 g/mol. The maximum absolute atomic E-state index is 13.5. The Morgan fingerprint density at radius 2 is 1.95 bits per heavy atom. The van der Waals surface area contributed by atoms with E-state index in [0.717, 1.165) is 50.8 Å². The molecule has 5 N–H and O–H groups in total. The molecule has 0 bridgehead atoms. The fourth-order valence-corrected chi connectivity index (χ4v) is 6.86. The minimum atomic E-state index is -0.494. The second kappa shape index (κ2) is 9.19. The van der Waals surface area contributed by atoms with Crippen LogP contribution in [0.3, 0.4) is 0 Å². The van der Waals surface area contributed by atoms with E-state index in [0.29, 0.717) is 35.0 Å². The van der Waals surface area contributed by atoms with Crippen LogP contribution in [0.1, 0.15) is 61.0 Å². The Hall–Kier alpha value is -4.18. The van der Waals surface area contributed by atoms with Crippen LogP contribution in [0.5, 0.6) is 0 Å². The molecular formula is C30H33N7O3. The largest absolute Gasteiger partial charge is 0.450 e. The third-order valence-electron chi connectivity index (χ3n) is 9.21. The van der Waals surface area contributed by atoms with E-state index >= 15 is 0 Å². The summed E-state index contributed by atoms with van der Waals surface area (Å²) in [4.78, 5) is 35.4. The highest BCUT2D eigenvalue weighted by molar-refractivity contribution is 5.85. The van der Waals surface area contributed by atoms with Gasteiger partial charge in [0.15, 0.2) is 5.65 Å². The molecule has 1 spiro atoms. The fraction of sp³-hybridized carbons (Fsp3) is 0.400. The van der Waals surface area contributed by atoms with Gasteiger partial charge < -0.3 is 15.4 Å². The molecular weight excluding hydrogens is 506 g/mol. The Morgan fingerprint density at radius 3 is 2.70 bits per heavy atom. The van der Waals surface area contributed by atoms with Gasteiger partial charge in [-0.25, -0.2) is 4.79 Å². The summed E-state index contributed by atoms with van der Waals surface area (Å²) in [6.45, 7) is 3.62. The topological polar surface area (TPSA) is 142 Å². The Labute approximate surface area is 231 Å². The Balaban J connectivity index is 1.13. The molecule has 2 aliphatic carbocycles. The van der Waals surface area contributed by atoms with Crippen molar-refractivity contribution < 1.29 is 9.53 Å². The van der Waals surface area contributed by atoms with Crippen molar-refractivity contribution in [2.24, 2.45) is 11.1 Å². The van der Waals surface area contributed by atoms with Crippen LogP contribution in [0.15, 0.2) is 53.3 Å².